The molecule has 1 atom stereocenters. The third-order valence-electron chi connectivity index (χ3n) is 5.08. The highest BCUT2D eigenvalue weighted by Crippen LogP contribution is 2.60. The van der Waals surface area contributed by atoms with Gasteiger partial charge in [0.15, 0.2) is 0 Å². The van der Waals surface area contributed by atoms with Crippen LogP contribution in [0, 0.1) is 23.2 Å². The van der Waals surface area contributed by atoms with Gasteiger partial charge in [0.05, 0.1) is 6.10 Å². The van der Waals surface area contributed by atoms with Crippen molar-refractivity contribution < 1.29 is 9.90 Å². The zero-order valence-electron chi connectivity index (χ0n) is 10.6. The molecular formula is C14H23NO2. The molecule has 0 radical (unpaired) electrons. The number of amides is 1. The molecule has 0 saturated heterocycles. The third kappa shape index (κ3) is 1.99. The fourth-order valence-electron chi connectivity index (χ4n) is 4.82. The molecule has 0 unspecified atom stereocenters. The van der Waals surface area contributed by atoms with E-state index < -0.39 is 6.10 Å². The molecule has 96 valence electrons. The molecule has 4 aliphatic carbocycles. The van der Waals surface area contributed by atoms with Gasteiger partial charge in [0.25, 0.3) is 0 Å². The number of hydrogen-bond acceptors (Lipinski definition) is 2. The summed E-state index contributed by atoms with van der Waals surface area (Å²) in [5, 5.41) is 12.2. The number of nitrogens with one attached hydrogen (secondary N) is 1. The highest BCUT2D eigenvalue weighted by molar-refractivity contribution is 5.83. The number of rotatable bonds is 3. The van der Waals surface area contributed by atoms with Crippen LogP contribution in [0.1, 0.15) is 45.4 Å². The van der Waals surface area contributed by atoms with Crippen molar-refractivity contribution in [2.75, 3.05) is 6.54 Å². The van der Waals surface area contributed by atoms with E-state index in [4.69, 9.17) is 0 Å². The first-order valence-corrected chi connectivity index (χ1v) is 7.04. The van der Waals surface area contributed by atoms with E-state index in [-0.39, 0.29) is 11.3 Å². The normalized spacial score (nSPS) is 44.7. The molecular weight excluding hydrogens is 214 g/mol. The number of carbonyl (C=O) groups excluding carboxylic acids is 1. The lowest BCUT2D eigenvalue weighted by Crippen LogP contribution is -2.54. The van der Waals surface area contributed by atoms with Crippen LogP contribution in [-0.4, -0.2) is 23.7 Å². The summed E-state index contributed by atoms with van der Waals surface area (Å²) in [5.41, 5.74) is -0.0658. The lowest BCUT2D eigenvalue weighted by atomic mass is 9.49. The van der Waals surface area contributed by atoms with E-state index in [9.17, 15) is 9.90 Å². The van der Waals surface area contributed by atoms with Gasteiger partial charge in [-0.05, 0) is 63.2 Å². The highest BCUT2D eigenvalue weighted by atomic mass is 16.3. The van der Waals surface area contributed by atoms with Crippen molar-refractivity contribution in [1.29, 1.82) is 0 Å². The van der Waals surface area contributed by atoms with E-state index in [1.807, 2.05) is 0 Å². The van der Waals surface area contributed by atoms with Gasteiger partial charge in [0, 0.05) is 12.0 Å². The predicted molar refractivity (Wildman–Crippen MR) is 65.3 cm³/mol. The van der Waals surface area contributed by atoms with Gasteiger partial charge in [-0.2, -0.15) is 0 Å². The molecule has 0 aromatic heterocycles. The second-order valence-electron chi connectivity index (χ2n) is 6.76. The van der Waals surface area contributed by atoms with Crippen molar-refractivity contribution in [2.45, 2.75) is 51.6 Å². The van der Waals surface area contributed by atoms with Crippen molar-refractivity contribution >= 4 is 5.91 Å². The highest BCUT2D eigenvalue weighted by Gasteiger charge is 2.54. The zero-order valence-corrected chi connectivity index (χ0v) is 10.6. The summed E-state index contributed by atoms with van der Waals surface area (Å²) in [4.78, 5) is 12.4. The summed E-state index contributed by atoms with van der Waals surface area (Å²) < 4.78 is 0. The number of hydrogen-bond donors (Lipinski definition) is 2. The van der Waals surface area contributed by atoms with Gasteiger partial charge in [-0.1, -0.05) is 0 Å². The molecule has 17 heavy (non-hydrogen) atoms. The molecule has 4 rings (SSSR count). The standard InChI is InChI=1S/C14H23NO2/c1-9(16)8-15-13(17)14-5-10-2-11(6-14)4-12(3-10)7-14/h9-12,16H,2-8H2,1H3,(H,15,17)/t9-,10?,11?,12?,14?/m1/s1. The van der Waals surface area contributed by atoms with Crippen molar-refractivity contribution in [3.63, 3.8) is 0 Å². The van der Waals surface area contributed by atoms with Crippen LogP contribution in [0.5, 0.6) is 0 Å². The van der Waals surface area contributed by atoms with E-state index in [0.717, 1.165) is 37.0 Å². The molecule has 4 fully saturated rings. The smallest absolute Gasteiger partial charge is 0.226 e. The number of aliphatic hydroxyl groups is 1. The summed E-state index contributed by atoms with van der Waals surface area (Å²) in [6.45, 7) is 2.13. The molecule has 3 heteroatoms. The van der Waals surface area contributed by atoms with Crippen LogP contribution in [0.3, 0.4) is 0 Å². The Kier molecular flexibility index (Phi) is 2.69. The molecule has 4 aliphatic rings. The molecule has 4 saturated carbocycles. The van der Waals surface area contributed by atoms with E-state index >= 15 is 0 Å². The van der Waals surface area contributed by atoms with Crippen LogP contribution >= 0.6 is 0 Å². The lowest BCUT2D eigenvalue weighted by Gasteiger charge is -2.55. The summed E-state index contributed by atoms with van der Waals surface area (Å²) in [6.07, 6.45) is 6.96. The Hall–Kier alpha value is -0.570. The topological polar surface area (TPSA) is 49.3 Å². The Morgan fingerprint density at radius 3 is 2.12 bits per heavy atom. The van der Waals surface area contributed by atoms with Crippen molar-refractivity contribution in [1.82, 2.24) is 5.32 Å². The first-order valence-electron chi connectivity index (χ1n) is 7.04. The van der Waals surface area contributed by atoms with E-state index in [2.05, 4.69) is 5.32 Å². The van der Waals surface area contributed by atoms with Gasteiger partial charge in [-0.3, -0.25) is 4.79 Å². The van der Waals surface area contributed by atoms with E-state index in [0.29, 0.717) is 6.54 Å². The summed E-state index contributed by atoms with van der Waals surface area (Å²) in [5.74, 6) is 2.63. The minimum atomic E-state index is -0.437. The van der Waals surface area contributed by atoms with Crippen molar-refractivity contribution in [3.05, 3.63) is 0 Å². The van der Waals surface area contributed by atoms with Crippen LogP contribution < -0.4 is 5.32 Å². The van der Waals surface area contributed by atoms with Gasteiger partial charge < -0.3 is 10.4 Å². The fraction of sp³-hybridized carbons (Fsp3) is 0.929. The molecule has 2 N–H and O–H groups in total. The van der Waals surface area contributed by atoms with Crippen LogP contribution in [0.15, 0.2) is 0 Å². The second-order valence-corrected chi connectivity index (χ2v) is 6.76. The minimum Gasteiger partial charge on any atom is -0.392 e. The van der Waals surface area contributed by atoms with Gasteiger partial charge >= 0.3 is 0 Å². The molecule has 1 amide bonds. The van der Waals surface area contributed by atoms with E-state index in [1.54, 1.807) is 6.92 Å². The molecule has 0 spiro atoms. The molecule has 3 nitrogen and oxygen atoms in total. The monoisotopic (exact) mass is 237 g/mol. The Bertz CT molecular complexity index is 289. The molecule has 0 aromatic rings. The maximum absolute atomic E-state index is 12.4. The molecule has 4 bridgehead atoms. The number of aliphatic hydroxyl groups excluding tert-OH is 1. The molecule has 0 heterocycles. The Morgan fingerprint density at radius 2 is 1.71 bits per heavy atom. The van der Waals surface area contributed by atoms with Gasteiger partial charge in [-0.25, -0.2) is 0 Å². The Balaban J connectivity index is 1.71. The maximum atomic E-state index is 12.4. The van der Waals surface area contributed by atoms with Gasteiger partial charge in [-0.15, -0.1) is 0 Å². The van der Waals surface area contributed by atoms with Crippen LogP contribution in [0.2, 0.25) is 0 Å². The van der Waals surface area contributed by atoms with Crippen molar-refractivity contribution in [3.8, 4) is 0 Å². The lowest BCUT2D eigenvalue weighted by molar-refractivity contribution is -0.146. The van der Waals surface area contributed by atoms with Crippen LogP contribution in [-0.2, 0) is 4.79 Å². The molecule has 0 aliphatic heterocycles. The van der Waals surface area contributed by atoms with Crippen molar-refractivity contribution in [2.24, 2.45) is 23.2 Å². The largest absolute Gasteiger partial charge is 0.392 e. The summed E-state index contributed by atoms with van der Waals surface area (Å²) in [6, 6.07) is 0. The second kappa shape index (κ2) is 3.98. The Labute approximate surface area is 103 Å². The first-order chi connectivity index (χ1) is 8.07. The zero-order chi connectivity index (χ0) is 12.0. The van der Waals surface area contributed by atoms with Gasteiger partial charge in [0.1, 0.15) is 0 Å². The fourth-order valence-corrected chi connectivity index (χ4v) is 4.82. The van der Waals surface area contributed by atoms with E-state index in [1.165, 1.54) is 19.3 Å². The average molecular weight is 237 g/mol. The summed E-state index contributed by atoms with van der Waals surface area (Å²) >= 11 is 0. The van der Waals surface area contributed by atoms with Gasteiger partial charge in [0.2, 0.25) is 5.91 Å². The number of carbonyl (C=O) groups is 1. The van der Waals surface area contributed by atoms with Crippen LogP contribution in [0.25, 0.3) is 0 Å². The Morgan fingerprint density at radius 1 is 1.24 bits per heavy atom. The SMILES string of the molecule is C[C@@H](O)CNC(=O)C12CC3CC(CC(C3)C1)C2. The first kappa shape index (κ1) is 11.5. The maximum Gasteiger partial charge on any atom is 0.226 e. The third-order valence-corrected chi connectivity index (χ3v) is 5.08. The minimum absolute atomic E-state index is 0.0658. The molecule has 0 aromatic carbocycles. The predicted octanol–water partition coefficient (Wildman–Crippen LogP) is 1.70. The van der Waals surface area contributed by atoms with Crippen LogP contribution in [0.4, 0.5) is 0 Å². The average Bonchev–Trinajstić information content (AvgIpc) is 2.23. The quantitative estimate of drug-likeness (QED) is 0.785. The summed E-state index contributed by atoms with van der Waals surface area (Å²) in [7, 11) is 0.